The Morgan fingerprint density at radius 1 is 0.971 bits per heavy atom. The van der Waals surface area contributed by atoms with Gasteiger partial charge < -0.3 is 20.5 Å². The predicted molar refractivity (Wildman–Crippen MR) is 130 cm³/mol. The lowest BCUT2D eigenvalue weighted by atomic mass is 9.98. The fraction of sp³-hybridized carbons (Fsp3) is 0.269. The van der Waals surface area contributed by atoms with Gasteiger partial charge in [-0.05, 0) is 40.1 Å². The number of rotatable bonds is 9. The van der Waals surface area contributed by atoms with Gasteiger partial charge in [-0.2, -0.15) is 0 Å². The largest absolute Gasteiger partial charge is 0.480 e. The molecule has 1 aromatic heterocycles. The third kappa shape index (κ3) is 4.97. The summed E-state index contributed by atoms with van der Waals surface area (Å²) in [6.07, 6.45) is 0.155. The Labute approximate surface area is 201 Å². The molecule has 2 amide bonds. The first-order chi connectivity index (χ1) is 16.5. The van der Waals surface area contributed by atoms with Gasteiger partial charge in [0.15, 0.2) is 0 Å². The monoisotopic (exact) mass is 478 g/mol. The maximum absolute atomic E-state index is 12.9. The van der Waals surface area contributed by atoms with Gasteiger partial charge >= 0.3 is 12.1 Å². The van der Waals surface area contributed by atoms with Gasteiger partial charge in [-0.25, -0.2) is 9.59 Å². The zero-order valence-corrected chi connectivity index (χ0v) is 19.5. The molecule has 1 aliphatic rings. The van der Waals surface area contributed by atoms with E-state index < -0.39 is 30.1 Å². The highest BCUT2D eigenvalue weighted by Gasteiger charge is 2.31. The molecular weight excluding hydrogens is 452 g/mol. The number of fused-ring (bicyclic) bond motifs is 3. The molecule has 0 bridgehead atoms. The van der Waals surface area contributed by atoms with Gasteiger partial charge in [0.1, 0.15) is 18.7 Å². The van der Waals surface area contributed by atoms with Crippen molar-refractivity contribution in [2.75, 3.05) is 6.61 Å². The maximum atomic E-state index is 12.9. The van der Waals surface area contributed by atoms with E-state index in [1.165, 1.54) is 11.3 Å². The van der Waals surface area contributed by atoms with Gasteiger partial charge in [0, 0.05) is 10.8 Å². The molecule has 2 aromatic carbocycles. The second-order valence-corrected chi connectivity index (χ2v) is 9.09. The number of aliphatic carboxylic acids is 1. The van der Waals surface area contributed by atoms with Crippen molar-refractivity contribution in [3.05, 3.63) is 82.0 Å². The Balaban J connectivity index is 1.46. The summed E-state index contributed by atoms with van der Waals surface area (Å²) in [6, 6.07) is 17.5. The number of carbonyl (C=O) groups excluding carboxylic acids is 2. The molecule has 3 N–H and O–H groups in total. The molecule has 0 spiro atoms. The van der Waals surface area contributed by atoms with Crippen molar-refractivity contribution in [2.24, 2.45) is 0 Å². The van der Waals surface area contributed by atoms with Crippen LogP contribution in [-0.4, -0.2) is 35.7 Å². The molecule has 1 heterocycles. The van der Waals surface area contributed by atoms with Crippen molar-refractivity contribution in [2.45, 2.75) is 37.8 Å². The van der Waals surface area contributed by atoms with E-state index in [2.05, 4.69) is 22.8 Å². The van der Waals surface area contributed by atoms with Crippen LogP contribution in [0.4, 0.5) is 4.79 Å². The summed E-state index contributed by atoms with van der Waals surface area (Å²) in [5.41, 5.74) is 4.43. The highest BCUT2D eigenvalue weighted by molar-refractivity contribution is 7.10. The molecule has 1 unspecified atom stereocenters. The van der Waals surface area contributed by atoms with Crippen LogP contribution >= 0.6 is 11.3 Å². The SMILES string of the molecule is CCC[C@H](NC(=O)C(NC(=O)OCC1c2ccccc2-c2ccccc21)c1cccs1)C(=O)O. The normalized spacial score (nSPS) is 13.9. The van der Waals surface area contributed by atoms with Gasteiger partial charge in [-0.15, -0.1) is 11.3 Å². The second-order valence-electron chi connectivity index (χ2n) is 8.11. The Kier molecular flexibility index (Phi) is 7.27. The minimum absolute atomic E-state index is 0.104. The van der Waals surface area contributed by atoms with Gasteiger partial charge in [0.25, 0.3) is 0 Å². The number of carbonyl (C=O) groups is 3. The fourth-order valence-electron chi connectivity index (χ4n) is 4.28. The van der Waals surface area contributed by atoms with Crippen LogP contribution < -0.4 is 10.6 Å². The number of thiophene rings is 1. The van der Waals surface area contributed by atoms with E-state index in [9.17, 15) is 19.5 Å². The number of nitrogens with one attached hydrogen (secondary N) is 2. The molecule has 1 aliphatic carbocycles. The van der Waals surface area contributed by atoms with Crippen LogP contribution in [0.15, 0.2) is 66.0 Å². The fourth-order valence-corrected chi connectivity index (χ4v) is 5.05. The Bertz CT molecular complexity index is 1130. The summed E-state index contributed by atoms with van der Waals surface area (Å²) < 4.78 is 5.58. The van der Waals surface area contributed by atoms with E-state index in [0.717, 1.165) is 22.3 Å². The zero-order valence-electron chi connectivity index (χ0n) is 18.7. The molecule has 0 fully saturated rings. The molecule has 8 heteroatoms. The summed E-state index contributed by atoms with van der Waals surface area (Å²) in [7, 11) is 0. The number of hydrogen-bond donors (Lipinski definition) is 3. The lowest BCUT2D eigenvalue weighted by Gasteiger charge is -2.21. The van der Waals surface area contributed by atoms with Gasteiger partial charge in [-0.1, -0.05) is 67.9 Å². The smallest absolute Gasteiger partial charge is 0.408 e. The number of hydrogen-bond acceptors (Lipinski definition) is 5. The van der Waals surface area contributed by atoms with Crippen molar-refractivity contribution >= 4 is 29.3 Å². The van der Waals surface area contributed by atoms with Crippen molar-refractivity contribution < 1.29 is 24.2 Å². The average molecular weight is 479 g/mol. The number of benzene rings is 2. The molecule has 4 rings (SSSR count). The van der Waals surface area contributed by atoms with E-state index in [0.29, 0.717) is 17.7 Å². The predicted octanol–water partition coefficient (Wildman–Crippen LogP) is 4.70. The third-order valence-corrected chi connectivity index (χ3v) is 6.82. The van der Waals surface area contributed by atoms with Crippen molar-refractivity contribution in [1.29, 1.82) is 0 Å². The Hall–Kier alpha value is -3.65. The van der Waals surface area contributed by atoms with Crippen LogP contribution in [0.3, 0.4) is 0 Å². The lowest BCUT2D eigenvalue weighted by Crippen LogP contribution is -2.47. The van der Waals surface area contributed by atoms with E-state index in [1.54, 1.807) is 17.5 Å². The van der Waals surface area contributed by atoms with E-state index in [-0.39, 0.29) is 12.5 Å². The standard InChI is InChI=1S/C26H26N2O5S/c1-2-8-21(25(30)31)27-24(29)23(22-13-7-14-34-22)28-26(32)33-15-20-18-11-5-3-9-16(18)17-10-4-6-12-19(17)20/h3-7,9-14,20-21,23H,2,8,15H2,1H3,(H,27,29)(H,28,32)(H,30,31)/t21-,23?/m0/s1. The minimum Gasteiger partial charge on any atom is -0.480 e. The molecule has 0 saturated carbocycles. The Morgan fingerprint density at radius 3 is 2.18 bits per heavy atom. The minimum atomic E-state index is -1.11. The summed E-state index contributed by atoms with van der Waals surface area (Å²) in [6.45, 7) is 1.96. The van der Waals surface area contributed by atoms with Crippen LogP contribution in [-0.2, 0) is 14.3 Å². The molecule has 176 valence electrons. The van der Waals surface area contributed by atoms with E-state index in [1.807, 2.05) is 43.3 Å². The van der Waals surface area contributed by atoms with Crippen molar-refractivity contribution in [3.63, 3.8) is 0 Å². The van der Waals surface area contributed by atoms with Gasteiger partial charge in [-0.3, -0.25) is 4.79 Å². The Morgan fingerprint density at radius 2 is 1.62 bits per heavy atom. The van der Waals surface area contributed by atoms with Crippen LogP contribution in [0.5, 0.6) is 0 Å². The average Bonchev–Trinajstić information content (AvgIpc) is 3.47. The zero-order chi connectivity index (χ0) is 24.1. The van der Waals surface area contributed by atoms with Crippen LogP contribution in [0, 0.1) is 0 Å². The molecule has 0 aliphatic heterocycles. The molecule has 0 radical (unpaired) electrons. The first-order valence-electron chi connectivity index (χ1n) is 11.2. The number of alkyl carbamates (subject to hydrolysis) is 1. The molecular formula is C26H26N2O5S. The van der Waals surface area contributed by atoms with Gasteiger partial charge in [0.05, 0.1) is 0 Å². The maximum Gasteiger partial charge on any atom is 0.408 e. The molecule has 2 atom stereocenters. The number of ether oxygens (including phenoxy) is 1. The van der Waals surface area contributed by atoms with E-state index in [4.69, 9.17) is 4.74 Å². The number of carboxylic acid groups (broad SMARTS) is 1. The van der Waals surface area contributed by atoms with Gasteiger partial charge in [0.2, 0.25) is 5.91 Å². The van der Waals surface area contributed by atoms with Crippen molar-refractivity contribution in [3.8, 4) is 11.1 Å². The molecule has 7 nitrogen and oxygen atoms in total. The summed E-state index contributed by atoms with van der Waals surface area (Å²) >= 11 is 1.30. The quantitative estimate of drug-likeness (QED) is 0.414. The first-order valence-corrected chi connectivity index (χ1v) is 12.1. The lowest BCUT2D eigenvalue weighted by molar-refractivity contribution is -0.142. The van der Waals surface area contributed by atoms with Crippen molar-refractivity contribution in [1.82, 2.24) is 10.6 Å². The van der Waals surface area contributed by atoms with E-state index >= 15 is 0 Å². The number of carboxylic acids is 1. The highest BCUT2D eigenvalue weighted by Crippen LogP contribution is 2.44. The molecule has 0 saturated heterocycles. The number of amides is 2. The topological polar surface area (TPSA) is 105 Å². The molecule has 34 heavy (non-hydrogen) atoms. The first kappa shape index (κ1) is 23.5. The summed E-state index contributed by atoms with van der Waals surface area (Å²) in [4.78, 5) is 37.7. The summed E-state index contributed by atoms with van der Waals surface area (Å²) in [5.74, 6) is -1.80. The third-order valence-electron chi connectivity index (χ3n) is 5.89. The van der Waals surface area contributed by atoms with Crippen LogP contribution in [0.25, 0.3) is 11.1 Å². The van der Waals surface area contributed by atoms with Crippen LogP contribution in [0.1, 0.15) is 47.7 Å². The highest BCUT2D eigenvalue weighted by atomic mass is 32.1. The molecule has 3 aromatic rings. The van der Waals surface area contributed by atoms with Crippen LogP contribution in [0.2, 0.25) is 0 Å². The second kappa shape index (κ2) is 10.5. The summed E-state index contributed by atoms with van der Waals surface area (Å²) in [5, 5.41) is 16.3.